The molecule has 134 valence electrons. The van der Waals surface area contributed by atoms with E-state index in [9.17, 15) is 0 Å². The molecule has 0 atom stereocenters. The van der Waals surface area contributed by atoms with Crippen LogP contribution in [0.1, 0.15) is 17.3 Å². The number of hydrogen-bond donors (Lipinski definition) is 3. The number of nitrogens with zero attached hydrogens (tertiary/aromatic N) is 3. The van der Waals surface area contributed by atoms with Crippen molar-refractivity contribution in [3.05, 3.63) is 53.7 Å². The second-order valence-electron chi connectivity index (χ2n) is 4.87. The summed E-state index contributed by atoms with van der Waals surface area (Å²) in [5.74, 6) is 0.886. The standard InChI is InChI=1S/C15H12N3O6PS/c19-16-7-10-1-4-13(22-10)25(26,14-5-2-11(23-14)8-17-20)15-6-3-12(24-15)9-18-21/h1-9,19-21H/b16-7+,17-8+,18-9+. The van der Waals surface area contributed by atoms with Crippen LogP contribution in [0.2, 0.25) is 0 Å². The summed E-state index contributed by atoms with van der Waals surface area (Å²) < 4.78 is 17.1. The van der Waals surface area contributed by atoms with E-state index in [1.165, 1.54) is 0 Å². The molecule has 3 N–H and O–H groups in total. The molecular weight excluding hydrogens is 381 g/mol. The Morgan fingerprint density at radius 2 is 0.962 bits per heavy atom. The lowest BCUT2D eigenvalue weighted by Crippen LogP contribution is -2.22. The summed E-state index contributed by atoms with van der Waals surface area (Å²) in [6.45, 7) is 0. The van der Waals surface area contributed by atoms with Crippen molar-refractivity contribution in [2.45, 2.75) is 0 Å². The molecule has 0 fully saturated rings. The Hall–Kier alpha value is -3.10. The number of hydrogen-bond acceptors (Lipinski definition) is 10. The zero-order valence-electron chi connectivity index (χ0n) is 13.0. The van der Waals surface area contributed by atoms with E-state index in [1.54, 1.807) is 36.4 Å². The quantitative estimate of drug-likeness (QED) is 0.251. The van der Waals surface area contributed by atoms with E-state index >= 15 is 0 Å². The molecule has 0 aliphatic heterocycles. The van der Waals surface area contributed by atoms with Crippen LogP contribution in [0.15, 0.2) is 65.1 Å². The highest BCUT2D eigenvalue weighted by atomic mass is 32.4. The maximum Gasteiger partial charge on any atom is 0.150 e. The van der Waals surface area contributed by atoms with Crippen molar-refractivity contribution in [1.29, 1.82) is 0 Å². The zero-order valence-corrected chi connectivity index (χ0v) is 14.7. The summed E-state index contributed by atoms with van der Waals surface area (Å²) in [6.07, 6.45) is 3.38. The third kappa shape index (κ3) is 3.19. The van der Waals surface area contributed by atoms with Gasteiger partial charge in [0.2, 0.25) is 0 Å². The predicted octanol–water partition coefficient (Wildman–Crippen LogP) is 1.65. The van der Waals surface area contributed by atoms with Crippen molar-refractivity contribution >= 4 is 53.0 Å². The Balaban J connectivity index is 2.17. The van der Waals surface area contributed by atoms with Gasteiger partial charge in [-0.25, -0.2) is 0 Å². The fraction of sp³-hybridized carbons (Fsp3) is 0. The summed E-state index contributed by atoms with van der Waals surface area (Å²) in [7, 11) is 0. The van der Waals surface area contributed by atoms with Crippen molar-refractivity contribution in [3.8, 4) is 0 Å². The minimum Gasteiger partial charge on any atom is -0.454 e. The van der Waals surface area contributed by atoms with E-state index in [-0.39, 0.29) is 0 Å². The molecule has 0 aromatic carbocycles. The van der Waals surface area contributed by atoms with Gasteiger partial charge in [-0.05, 0) is 36.4 Å². The molecule has 3 heterocycles. The first-order valence-electron chi connectivity index (χ1n) is 7.05. The van der Waals surface area contributed by atoms with Gasteiger partial charge in [0, 0.05) is 0 Å². The van der Waals surface area contributed by atoms with Crippen LogP contribution in [0.3, 0.4) is 0 Å². The van der Waals surface area contributed by atoms with E-state index in [2.05, 4.69) is 15.5 Å². The minimum absolute atomic E-state index is 0.295. The van der Waals surface area contributed by atoms with Gasteiger partial charge in [-0.15, -0.1) is 0 Å². The van der Waals surface area contributed by atoms with Crippen molar-refractivity contribution in [1.82, 2.24) is 0 Å². The Morgan fingerprint density at radius 3 is 1.23 bits per heavy atom. The van der Waals surface area contributed by atoms with Gasteiger partial charge in [-0.3, -0.25) is 0 Å². The molecule has 3 rings (SSSR count). The summed E-state index contributed by atoms with van der Waals surface area (Å²) in [5.41, 5.74) is 1.14. The predicted molar refractivity (Wildman–Crippen MR) is 97.5 cm³/mol. The minimum atomic E-state index is -2.88. The third-order valence-electron chi connectivity index (χ3n) is 3.32. The van der Waals surface area contributed by atoms with Gasteiger partial charge in [-0.1, -0.05) is 27.3 Å². The lowest BCUT2D eigenvalue weighted by Gasteiger charge is -2.14. The smallest absolute Gasteiger partial charge is 0.150 e. The molecular formula is C15H12N3O6PS. The molecule has 0 aliphatic carbocycles. The highest BCUT2D eigenvalue weighted by Crippen LogP contribution is 2.44. The Bertz CT molecular complexity index is 903. The Labute approximate surface area is 151 Å². The monoisotopic (exact) mass is 393 g/mol. The number of rotatable bonds is 6. The summed E-state index contributed by atoms with van der Waals surface area (Å²) in [5, 5.41) is 34.8. The van der Waals surface area contributed by atoms with Crippen LogP contribution >= 0.6 is 6.04 Å². The SMILES string of the molecule is O/N=C/c1ccc(P(=S)(c2ccc(/C=N/O)o2)c2ccc(/C=N/O)o2)o1. The first-order chi connectivity index (χ1) is 12.6. The molecule has 3 aromatic rings. The van der Waals surface area contributed by atoms with Crippen molar-refractivity contribution in [2.75, 3.05) is 0 Å². The van der Waals surface area contributed by atoms with Crippen LogP contribution in [0.4, 0.5) is 0 Å². The summed E-state index contributed by atoms with van der Waals surface area (Å²) >= 11 is 5.90. The van der Waals surface area contributed by atoms with Gasteiger partial charge in [0.05, 0.1) is 0 Å². The first kappa shape index (κ1) is 17.7. The van der Waals surface area contributed by atoms with Crippen molar-refractivity contribution < 1.29 is 28.9 Å². The van der Waals surface area contributed by atoms with E-state index in [1.807, 2.05) is 0 Å². The van der Waals surface area contributed by atoms with E-state index in [0.717, 1.165) is 18.6 Å². The molecule has 3 aromatic heterocycles. The van der Waals surface area contributed by atoms with Gasteiger partial charge in [-0.2, -0.15) is 0 Å². The second kappa shape index (κ2) is 7.42. The maximum atomic E-state index is 8.67. The van der Waals surface area contributed by atoms with Crippen LogP contribution in [0.5, 0.6) is 0 Å². The molecule has 0 saturated heterocycles. The third-order valence-corrected chi connectivity index (χ3v) is 7.53. The van der Waals surface area contributed by atoms with Crippen LogP contribution in [-0.4, -0.2) is 34.3 Å². The summed E-state index contributed by atoms with van der Waals surface area (Å²) in [6, 6.07) is 6.82. The van der Waals surface area contributed by atoms with Crippen molar-refractivity contribution in [2.24, 2.45) is 15.5 Å². The second-order valence-corrected chi connectivity index (χ2v) is 9.06. The Morgan fingerprint density at radius 1 is 0.654 bits per heavy atom. The largest absolute Gasteiger partial charge is 0.454 e. The molecule has 0 amide bonds. The zero-order chi connectivity index (χ0) is 18.6. The molecule has 0 aliphatic rings. The highest BCUT2D eigenvalue weighted by Gasteiger charge is 2.34. The lowest BCUT2D eigenvalue weighted by molar-refractivity contribution is 0.320. The van der Waals surface area contributed by atoms with Crippen LogP contribution in [0, 0.1) is 0 Å². The lowest BCUT2D eigenvalue weighted by atomic mass is 10.5. The average Bonchev–Trinajstić information content (AvgIpc) is 3.36. The molecule has 9 nitrogen and oxygen atoms in total. The number of oxime groups is 3. The van der Waals surface area contributed by atoms with Crippen LogP contribution < -0.4 is 16.5 Å². The molecule has 11 heteroatoms. The average molecular weight is 393 g/mol. The fourth-order valence-electron chi connectivity index (χ4n) is 2.24. The topological polar surface area (TPSA) is 137 Å². The van der Waals surface area contributed by atoms with Gasteiger partial charge in [0.25, 0.3) is 0 Å². The van der Waals surface area contributed by atoms with E-state index < -0.39 is 6.04 Å². The van der Waals surface area contributed by atoms with Gasteiger partial charge >= 0.3 is 0 Å². The highest BCUT2D eigenvalue weighted by molar-refractivity contribution is 8.25. The molecule has 0 unspecified atom stereocenters. The molecule has 0 radical (unpaired) electrons. The van der Waals surface area contributed by atoms with Gasteiger partial charge < -0.3 is 28.9 Å². The van der Waals surface area contributed by atoms with Crippen LogP contribution in [-0.2, 0) is 11.8 Å². The molecule has 0 bridgehead atoms. The van der Waals surface area contributed by atoms with Crippen molar-refractivity contribution in [3.63, 3.8) is 0 Å². The van der Waals surface area contributed by atoms with Crippen LogP contribution in [0.25, 0.3) is 0 Å². The molecule has 0 spiro atoms. The maximum absolute atomic E-state index is 8.67. The van der Waals surface area contributed by atoms with Gasteiger partial charge in [0.1, 0.15) is 42.0 Å². The number of furan rings is 3. The summed E-state index contributed by atoms with van der Waals surface area (Å²) in [4.78, 5) is 0. The first-order valence-corrected chi connectivity index (χ1v) is 9.85. The fourth-order valence-corrected chi connectivity index (χ4v) is 5.33. The van der Waals surface area contributed by atoms with E-state index in [4.69, 9.17) is 40.7 Å². The normalized spacial score (nSPS) is 12.8. The molecule has 0 saturated carbocycles. The van der Waals surface area contributed by atoms with Gasteiger partial charge in [0.15, 0.2) is 16.5 Å². The Kier molecular flexibility index (Phi) is 5.06. The molecule has 26 heavy (non-hydrogen) atoms. The van der Waals surface area contributed by atoms with E-state index in [0.29, 0.717) is 33.8 Å².